The van der Waals surface area contributed by atoms with Crippen molar-refractivity contribution in [3.05, 3.63) is 90.5 Å². The molecule has 1 N–H and O–H groups in total. The summed E-state index contributed by atoms with van der Waals surface area (Å²) < 4.78 is 47.4. The summed E-state index contributed by atoms with van der Waals surface area (Å²) in [5.41, 5.74) is -0.305. The van der Waals surface area contributed by atoms with Crippen molar-refractivity contribution in [2.24, 2.45) is 0 Å². The number of rotatable bonds is 5. The van der Waals surface area contributed by atoms with Crippen LogP contribution in [0.2, 0.25) is 0 Å². The van der Waals surface area contributed by atoms with Crippen LogP contribution >= 0.6 is 0 Å². The Morgan fingerprint density at radius 2 is 1.80 bits per heavy atom. The number of amides is 1. The standard InChI is InChI=1S/C20H12F3N5O2/c21-15-6-5-14(18(22)19(15)23)20(29)27-12-1-3-13(4-2-12)30-17-9-16(25-10-26-17)28-8-7-24-11-28/h1-11H,(H,27,29). The molecule has 0 fully saturated rings. The smallest absolute Gasteiger partial charge is 0.258 e. The maximum atomic E-state index is 13.7. The van der Waals surface area contributed by atoms with Crippen molar-refractivity contribution < 1.29 is 22.7 Å². The van der Waals surface area contributed by atoms with E-state index in [1.807, 2.05) is 0 Å². The molecule has 4 rings (SSSR count). The van der Waals surface area contributed by atoms with Gasteiger partial charge in [0.15, 0.2) is 17.5 Å². The highest BCUT2D eigenvalue weighted by Crippen LogP contribution is 2.23. The highest BCUT2D eigenvalue weighted by molar-refractivity contribution is 6.04. The Kier molecular flexibility index (Phi) is 5.12. The van der Waals surface area contributed by atoms with Crippen LogP contribution in [-0.4, -0.2) is 25.4 Å². The third-order valence-electron chi connectivity index (χ3n) is 4.01. The first-order valence-corrected chi connectivity index (χ1v) is 8.54. The molecule has 10 heteroatoms. The lowest BCUT2D eigenvalue weighted by molar-refractivity contribution is 0.102. The maximum Gasteiger partial charge on any atom is 0.258 e. The monoisotopic (exact) mass is 411 g/mol. The number of carbonyl (C=O) groups excluding carboxylic acids is 1. The van der Waals surface area contributed by atoms with E-state index in [1.165, 1.54) is 18.5 Å². The molecular formula is C20H12F3N5O2. The van der Waals surface area contributed by atoms with Crippen molar-refractivity contribution in [2.75, 3.05) is 5.32 Å². The quantitative estimate of drug-likeness (QED) is 0.500. The molecule has 0 unspecified atom stereocenters. The Morgan fingerprint density at radius 3 is 2.53 bits per heavy atom. The van der Waals surface area contributed by atoms with Gasteiger partial charge in [0.25, 0.3) is 5.91 Å². The van der Waals surface area contributed by atoms with Crippen LogP contribution in [0, 0.1) is 17.5 Å². The third kappa shape index (κ3) is 3.97. The molecule has 0 aliphatic heterocycles. The van der Waals surface area contributed by atoms with Gasteiger partial charge in [-0.2, -0.15) is 0 Å². The minimum absolute atomic E-state index is 0.286. The summed E-state index contributed by atoms with van der Waals surface area (Å²) in [4.78, 5) is 24.2. The van der Waals surface area contributed by atoms with Gasteiger partial charge in [0.05, 0.1) is 5.56 Å². The third-order valence-corrected chi connectivity index (χ3v) is 4.01. The highest BCUT2D eigenvalue weighted by atomic mass is 19.2. The number of aromatic nitrogens is 4. The van der Waals surface area contributed by atoms with Crippen LogP contribution in [0.4, 0.5) is 18.9 Å². The first-order valence-electron chi connectivity index (χ1n) is 8.54. The van der Waals surface area contributed by atoms with Gasteiger partial charge in [-0.25, -0.2) is 28.1 Å². The lowest BCUT2D eigenvalue weighted by Crippen LogP contribution is -2.15. The van der Waals surface area contributed by atoms with E-state index in [4.69, 9.17) is 4.74 Å². The minimum atomic E-state index is -1.70. The number of benzene rings is 2. The first kappa shape index (κ1) is 19.1. The first-order chi connectivity index (χ1) is 14.5. The molecule has 30 heavy (non-hydrogen) atoms. The number of nitrogens with zero attached hydrogens (tertiary/aromatic N) is 4. The summed E-state index contributed by atoms with van der Waals surface area (Å²) in [6.45, 7) is 0. The second-order valence-corrected chi connectivity index (χ2v) is 5.99. The molecule has 0 radical (unpaired) electrons. The molecule has 2 aromatic carbocycles. The molecule has 0 aliphatic rings. The fourth-order valence-electron chi connectivity index (χ4n) is 2.55. The van der Waals surface area contributed by atoms with Crippen molar-refractivity contribution in [1.82, 2.24) is 19.5 Å². The second-order valence-electron chi connectivity index (χ2n) is 5.99. The average molecular weight is 411 g/mol. The lowest BCUT2D eigenvalue weighted by Gasteiger charge is -2.09. The van der Waals surface area contributed by atoms with Crippen LogP contribution in [0.5, 0.6) is 11.6 Å². The lowest BCUT2D eigenvalue weighted by atomic mass is 10.1. The van der Waals surface area contributed by atoms with Gasteiger partial charge in [0.1, 0.15) is 24.2 Å². The summed E-state index contributed by atoms with van der Waals surface area (Å²) in [6, 6.07) is 9.28. The topological polar surface area (TPSA) is 81.9 Å². The van der Waals surface area contributed by atoms with E-state index in [1.54, 1.807) is 41.5 Å². The van der Waals surface area contributed by atoms with Gasteiger partial charge in [-0.1, -0.05) is 0 Å². The number of anilines is 1. The summed E-state index contributed by atoms with van der Waals surface area (Å²) in [6.07, 6.45) is 6.26. The van der Waals surface area contributed by atoms with E-state index < -0.39 is 28.9 Å². The predicted molar refractivity (Wildman–Crippen MR) is 99.9 cm³/mol. The number of hydrogen-bond acceptors (Lipinski definition) is 5. The molecular weight excluding hydrogens is 399 g/mol. The largest absolute Gasteiger partial charge is 0.439 e. The molecule has 0 spiro atoms. The van der Waals surface area contributed by atoms with Gasteiger partial charge >= 0.3 is 0 Å². The Morgan fingerprint density at radius 1 is 1.00 bits per heavy atom. The molecule has 0 saturated heterocycles. The summed E-state index contributed by atoms with van der Waals surface area (Å²) >= 11 is 0. The molecule has 4 aromatic rings. The normalized spacial score (nSPS) is 10.6. The van der Waals surface area contributed by atoms with E-state index in [0.717, 1.165) is 6.07 Å². The van der Waals surface area contributed by atoms with Gasteiger partial charge < -0.3 is 10.1 Å². The van der Waals surface area contributed by atoms with E-state index in [9.17, 15) is 18.0 Å². The molecule has 0 saturated carbocycles. The molecule has 0 bridgehead atoms. The van der Waals surface area contributed by atoms with Crippen LogP contribution in [0.1, 0.15) is 10.4 Å². The summed E-state index contributed by atoms with van der Waals surface area (Å²) in [7, 11) is 0. The molecule has 150 valence electrons. The minimum Gasteiger partial charge on any atom is -0.439 e. The van der Waals surface area contributed by atoms with Gasteiger partial charge in [0.2, 0.25) is 5.88 Å². The van der Waals surface area contributed by atoms with Crippen LogP contribution < -0.4 is 10.1 Å². The van der Waals surface area contributed by atoms with Crippen molar-refractivity contribution in [3.8, 4) is 17.4 Å². The number of nitrogens with one attached hydrogen (secondary N) is 1. The molecule has 2 aromatic heterocycles. The predicted octanol–water partition coefficient (Wildman–Crippen LogP) is 4.12. The summed E-state index contributed by atoms with van der Waals surface area (Å²) in [5, 5.41) is 2.40. The Bertz CT molecular complexity index is 1200. The Balaban J connectivity index is 1.45. The number of ether oxygens (including phenoxy) is 1. The van der Waals surface area contributed by atoms with Crippen LogP contribution in [0.15, 0.2) is 67.5 Å². The van der Waals surface area contributed by atoms with Crippen LogP contribution in [0.25, 0.3) is 5.82 Å². The Labute approximate surface area is 167 Å². The number of imidazole rings is 1. The maximum absolute atomic E-state index is 13.7. The zero-order chi connectivity index (χ0) is 21.1. The summed E-state index contributed by atoms with van der Waals surface area (Å²) in [5.74, 6) is -4.27. The average Bonchev–Trinajstić information content (AvgIpc) is 3.29. The van der Waals surface area contributed by atoms with Crippen molar-refractivity contribution in [2.45, 2.75) is 0 Å². The zero-order valence-electron chi connectivity index (χ0n) is 15.1. The van der Waals surface area contributed by atoms with Gasteiger partial charge in [-0.3, -0.25) is 9.36 Å². The molecule has 0 atom stereocenters. The van der Waals surface area contributed by atoms with Crippen LogP contribution in [0.3, 0.4) is 0 Å². The Hall–Kier alpha value is -4.21. The number of halogens is 3. The number of hydrogen-bond donors (Lipinski definition) is 1. The van der Waals surface area contributed by atoms with Gasteiger partial charge in [0, 0.05) is 24.1 Å². The molecule has 7 nitrogen and oxygen atoms in total. The van der Waals surface area contributed by atoms with E-state index in [0.29, 0.717) is 23.3 Å². The molecule has 2 heterocycles. The molecule has 1 amide bonds. The SMILES string of the molecule is O=C(Nc1ccc(Oc2cc(-n3ccnc3)ncn2)cc1)c1ccc(F)c(F)c1F. The van der Waals surface area contributed by atoms with Gasteiger partial charge in [-0.15, -0.1) is 0 Å². The van der Waals surface area contributed by atoms with E-state index in [2.05, 4.69) is 20.3 Å². The van der Waals surface area contributed by atoms with Crippen molar-refractivity contribution in [1.29, 1.82) is 0 Å². The number of carbonyl (C=O) groups is 1. The molecule has 0 aliphatic carbocycles. The second kappa shape index (κ2) is 8.03. The van der Waals surface area contributed by atoms with E-state index in [-0.39, 0.29) is 5.88 Å². The van der Waals surface area contributed by atoms with Crippen molar-refractivity contribution >= 4 is 11.6 Å². The highest BCUT2D eigenvalue weighted by Gasteiger charge is 2.18. The van der Waals surface area contributed by atoms with Crippen LogP contribution in [-0.2, 0) is 0 Å². The van der Waals surface area contributed by atoms with Crippen molar-refractivity contribution in [3.63, 3.8) is 0 Å². The van der Waals surface area contributed by atoms with E-state index >= 15 is 0 Å². The zero-order valence-corrected chi connectivity index (χ0v) is 15.1. The fourth-order valence-corrected chi connectivity index (χ4v) is 2.55. The van der Waals surface area contributed by atoms with Gasteiger partial charge in [-0.05, 0) is 36.4 Å². The fraction of sp³-hybridized carbons (Fsp3) is 0.